The maximum atomic E-state index is 11.2. The molecule has 1 saturated heterocycles. The first-order valence-electron chi connectivity index (χ1n) is 6.40. The normalized spacial score (nSPS) is 18.4. The van der Waals surface area contributed by atoms with Gasteiger partial charge in [0.1, 0.15) is 5.69 Å². The van der Waals surface area contributed by atoms with Gasteiger partial charge in [0.25, 0.3) is 5.69 Å². The van der Waals surface area contributed by atoms with Crippen LogP contribution in [0.5, 0.6) is 11.5 Å². The second-order valence-electron chi connectivity index (χ2n) is 4.54. The second-order valence-corrected chi connectivity index (χ2v) is 4.54. The highest BCUT2D eigenvalue weighted by Gasteiger charge is 2.22. The van der Waals surface area contributed by atoms with Gasteiger partial charge in [-0.15, -0.1) is 0 Å². The van der Waals surface area contributed by atoms with Crippen molar-refractivity contribution in [3.63, 3.8) is 0 Å². The van der Waals surface area contributed by atoms with Gasteiger partial charge in [0.05, 0.1) is 31.8 Å². The van der Waals surface area contributed by atoms with Crippen molar-refractivity contribution >= 4 is 11.4 Å². The van der Waals surface area contributed by atoms with Crippen LogP contribution in [0.25, 0.3) is 0 Å². The van der Waals surface area contributed by atoms with Crippen LogP contribution in [0, 0.1) is 10.1 Å². The predicted octanol–water partition coefficient (Wildman–Crippen LogP) is 2.20. The van der Waals surface area contributed by atoms with Gasteiger partial charge in [-0.25, -0.2) is 0 Å². The van der Waals surface area contributed by atoms with Crippen LogP contribution in [0.15, 0.2) is 12.1 Å². The van der Waals surface area contributed by atoms with E-state index in [1.807, 2.05) is 0 Å². The number of hydrogen-bond acceptors (Lipinski definition) is 6. The van der Waals surface area contributed by atoms with Gasteiger partial charge in [-0.1, -0.05) is 0 Å². The Balaban J connectivity index is 2.30. The summed E-state index contributed by atoms with van der Waals surface area (Å²) in [6.45, 7) is 1.29. The molecule has 0 bridgehead atoms. The van der Waals surface area contributed by atoms with Crippen LogP contribution in [0.3, 0.4) is 0 Å². The van der Waals surface area contributed by atoms with Gasteiger partial charge in [0.2, 0.25) is 0 Å². The fourth-order valence-electron chi connectivity index (χ4n) is 2.21. The molecular formula is C13H18N2O5. The highest BCUT2D eigenvalue weighted by Crippen LogP contribution is 2.38. The van der Waals surface area contributed by atoms with E-state index in [2.05, 4.69) is 5.32 Å². The molecule has 7 heteroatoms. The Labute approximate surface area is 117 Å². The van der Waals surface area contributed by atoms with Crippen molar-refractivity contribution in [1.29, 1.82) is 0 Å². The summed E-state index contributed by atoms with van der Waals surface area (Å²) in [6.07, 6.45) is 1.87. The van der Waals surface area contributed by atoms with Crippen molar-refractivity contribution in [2.75, 3.05) is 32.8 Å². The zero-order valence-electron chi connectivity index (χ0n) is 11.5. The molecule has 1 aromatic rings. The first-order chi connectivity index (χ1) is 9.65. The van der Waals surface area contributed by atoms with E-state index in [-0.39, 0.29) is 11.7 Å². The number of methoxy groups -OCH3 is 2. The number of nitrogens with zero attached hydrogens (tertiary/aromatic N) is 1. The number of ether oxygens (including phenoxy) is 3. The lowest BCUT2D eigenvalue weighted by Gasteiger charge is -2.24. The zero-order valence-corrected chi connectivity index (χ0v) is 11.5. The molecule has 0 aliphatic carbocycles. The molecule has 7 nitrogen and oxygen atoms in total. The standard InChI is InChI=1S/C13H18N2O5/c1-18-12-6-10(14-9-4-3-5-20-8-9)11(15(16)17)7-13(12)19-2/h6-7,9,14H,3-5,8H2,1-2H3. The molecule has 0 spiro atoms. The molecule has 1 aliphatic heterocycles. The van der Waals surface area contributed by atoms with E-state index in [4.69, 9.17) is 14.2 Å². The maximum absolute atomic E-state index is 11.2. The minimum atomic E-state index is -0.437. The van der Waals surface area contributed by atoms with E-state index in [0.29, 0.717) is 23.8 Å². The number of hydrogen-bond donors (Lipinski definition) is 1. The third kappa shape index (κ3) is 3.11. The minimum Gasteiger partial charge on any atom is -0.493 e. The Morgan fingerprint density at radius 1 is 1.35 bits per heavy atom. The lowest BCUT2D eigenvalue weighted by atomic mass is 10.1. The Hall–Kier alpha value is -2.02. The predicted molar refractivity (Wildman–Crippen MR) is 73.7 cm³/mol. The van der Waals surface area contributed by atoms with Crippen molar-refractivity contribution < 1.29 is 19.1 Å². The number of nitro benzene ring substituents is 1. The van der Waals surface area contributed by atoms with Gasteiger partial charge in [0, 0.05) is 18.7 Å². The smallest absolute Gasteiger partial charge is 0.296 e. The maximum Gasteiger partial charge on any atom is 0.296 e. The Kier molecular flexibility index (Phi) is 4.62. The van der Waals surface area contributed by atoms with E-state index in [0.717, 1.165) is 19.4 Å². The second kappa shape index (κ2) is 6.42. The van der Waals surface area contributed by atoms with E-state index in [1.54, 1.807) is 6.07 Å². The summed E-state index contributed by atoms with van der Waals surface area (Å²) in [5.74, 6) is 0.793. The van der Waals surface area contributed by atoms with Gasteiger partial charge in [-0.05, 0) is 12.8 Å². The molecule has 1 aliphatic rings. The third-order valence-corrected chi connectivity index (χ3v) is 3.22. The molecule has 1 N–H and O–H groups in total. The SMILES string of the molecule is COc1cc(NC2CCCOC2)c([N+](=O)[O-])cc1OC. The summed E-state index contributed by atoms with van der Waals surface area (Å²) in [5, 5.41) is 14.3. The summed E-state index contributed by atoms with van der Waals surface area (Å²) in [6, 6.07) is 3.02. The summed E-state index contributed by atoms with van der Waals surface area (Å²) >= 11 is 0. The number of nitrogens with one attached hydrogen (secondary N) is 1. The quantitative estimate of drug-likeness (QED) is 0.658. The van der Waals surface area contributed by atoms with Crippen LogP contribution in [-0.4, -0.2) is 38.4 Å². The van der Waals surface area contributed by atoms with Crippen molar-refractivity contribution in [1.82, 2.24) is 0 Å². The Morgan fingerprint density at radius 2 is 2.05 bits per heavy atom. The first-order valence-corrected chi connectivity index (χ1v) is 6.40. The molecule has 1 atom stereocenters. The van der Waals surface area contributed by atoms with E-state index in [9.17, 15) is 10.1 Å². The van der Waals surface area contributed by atoms with Gasteiger partial charge in [0.15, 0.2) is 11.5 Å². The molecule has 0 saturated carbocycles. The summed E-state index contributed by atoms with van der Waals surface area (Å²) in [4.78, 5) is 10.7. The molecule has 20 heavy (non-hydrogen) atoms. The number of anilines is 1. The molecule has 110 valence electrons. The molecular weight excluding hydrogens is 264 g/mol. The van der Waals surface area contributed by atoms with Crippen LogP contribution < -0.4 is 14.8 Å². The van der Waals surface area contributed by atoms with Crippen molar-refractivity contribution in [2.45, 2.75) is 18.9 Å². The fraction of sp³-hybridized carbons (Fsp3) is 0.538. The van der Waals surface area contributed by atoms with Crippen molar-refractivity contribution in [3.05, 3.63) is 22.2 Å². The van der Waals surface area contributed by atoms with Crippen LogP contribution >= 0.6 is 0 Å². The first kappa shape index (κ1) is 14.4. The molecule has 0 radical (unpaired) electrons. The van der Waals surface area contributed by atoms with E-state index < -0.39 is 4.92 Å². The molecule has 1 aromatic carbocycles. The molecule has 1 fully saturated rings. The van der Waals surface area contributed by atoms with E-state index >= 15 is 0 Å². The van der Waals surface area contributed by atoms with Crippen LogP contribution in [-0.2, 0) is 4.74 Å². The van der Waals surface area contributed by atoms with E-state index in [1.165, 1.54) is 20.3 Å². The van der Waals surface area contributed by atoms with Crippen LogP contribution in [0.4, 0.5) is 11.4 Å². The summed E-state index contributed by atoms with van der Waals surface area (Å²) < 4.78 is 15.6. The van der Waals surface area contributed by atoms with Gasteiger partial charge in [-0.2, -0.15) is 0 Å². The third-order valence-electron chi connectivity index (χ3n) is 3.22. The lowest BCUT2D eigenvalue weighted by Crippen LogP contribution is -2.30. The van der Waals surface area contributed by atoms with Crippen molar-refractivity contribution in [2.24, 2.45) is 0 Å². The van der Waals surface area contributed by atoms with Crippen LogP contribution in [0.2, 0.25) is 0 Å². The van der Waals surface area contributed by atoms with Gasteiger partial charge in [-0.3, -0.25) is 10.1 Å². The molecule has 1 unspecified atom stereocenters. The van der Waals surface area contributed by atoms with Crippen molar-refractivity contribution in [3.8, 4) is 11.5 Å². The topological polar surface area (TPSA) is 82.9 Å². The lowest BCUT2D eigenvalue weighted by molar-refractivity contribution is -0.384. The number of rotatable bonds is 5. The Morgan fingerprint density at radius 3 is 2.60 bits per heavy atom. The minimum absolute atomic E-state index is 0.0341. The average Bonchev–Trinajstić information content (AvgIpc) is 2.47. The van der Waals surface area contributed by atoms with Crippen LogP contribution in [0.1, 0.15) is 12.8 Å². The monoisotopic (exact) mass is 282 g/mol. The fourth-order valence-corrected chi connectivity index (χ4v) is 2.21. The summed E-state index contributed by atoms with van der Waals surface area (Å²) in [7, 11) is 2.95. The van der Waals surface area contributed by atoms with Gasteiger partial charge >= 0.3 is 0 Å². The summed E-state index contributed by atoms with van der Waals surface area (Å²) in [5.41, 5.74) is 0.386. The highest BCUT2D eigenvalue weighted by atomic mass is 16.6. The molecule has 1 heterocycles. The molecule has 2 rings (SSSR count). The van der Waals surface area contributed by atoms with Gasteiger partial charge < -0.3 is 19.5 Å². The Bertz CT molecular complexity index is 486. The number of benzene rings is 1. The largest absolute Gasteiger partial charge is 0.493 e. The number of nitro groups is 1. The zero-order chi connectivity index (χ0) is 14.5. The average molecular weight is 282 g/mol. The highest BCUT2D eigenvalue weighted by molar-refractivity contribution is 5.68. The molecule has 0 amide bonds. The molecule has 0 aromatic heterocycles.